The molecule has 3 aromatic carbocycles. The first-order valence-electron chi connectivity index (χ1n) is 8.93. The van der Waals surface area contributed by atoms with E-state index in [1.54, 1.807) is 0 Å². The molecule has 3 nitrogen and oxygen atoms in total. The van der Waals surface area contributed by atoms with Crippen LogP contribution in [0.15, 0.2) is 89.9 Å². The minimum Gasteiger partial charge on any atom is -0.279 e. The molecule has 27 heavy (non-hydrogen) atoms. The van der Waals surface area contributed by atoms with Gasteiger partial charge >= 0.3 is 0 Å². The maximum Gasteiger partial charge on any atom is 0.239 e. The van der Waals surface area contributed by atoms with Crippen LogP contribution in [0, 0.1) is 6.92 Å². The lowest BCUT2D eigenvalue weighted by Gasteiger charge is -2.28. The predicted octanol–water partition coefficient (Wildman–Crippen LogP) is 5.35. The van der Waals surface area contributed by atoms with Crippen LogP contribution in [0.3, 0.4) is 0 Å². The summed E-state index contributed by atoms with van der Waals surface area (Å²) in [7, 11) is 0. The predicted molar refractivity (Wildman–Crippen MR) is 112 cm³/mol. The standard InChI is InChI=1S/C23H20N2OS/c1-17-10-8-9-15-20(17)24-23-25(21(26)16-27-23)22(18-11-4-2-5-12-18)19-13-6-3-7-14-19/h2-15,22H,16H2,1H3. The molecule has 1 aliphatic heterocycles. The molecular formula is C23H20N2OS. The third kappa shape index (κ3) is 3.67. The minimum atomic E-state index is -0.183. The Kier molecular flexibility index (Phi) is 5.07. The summed E-state index contributed by atoms with van der Waals surface area (Å²) in [6.45, 7) is 2.04. The van der Waals surface area contributed by atoms with Gasteiger partial charge in [0.2, 0.25) is 5.91 Å². The van der Waals surface area contributed by atoms with E-state index in [2.05, 4.69) is 24.3 Å². The van der Waals surface area contributed by atoms with E-state index in [1.165, 1.54) is 11.8 Å². The van der Waals surface area contributed by atoms with E-state index in [9.17, 15) is 4.79 Å². The number of para-hydroxylation sites is 1. The zero-order chi connectivity index (χ0) is 18.6. The van der Waals surface area contributed by atoms with Crippen LogP contribution in [-0.4, -0.2) is 21.7 Å². The molecule has 0 radical (unpaired) electrons. The Hall–Kier alpha value is -2.85. The second-order valence-electron chi connectivity index (χ2n) is 6.46. The van der Waals surface area contributed by atoms with Crippen molar-refractivity contribution in [2.45, 2.75) is 13.0 Å². The second-order valence-corrected chi connectivity index (χ2v) is 7.40. The smallest absolute Gasteiger partial charge is 0.239 e. The number of aliphatic imine (C=N–C) groups is 1. The van der Waals surface area contributed by atoms with Gasteiger partial charge in [0, 0.05) is 0 Å². The van der Waals surface area contributed by atoms with E-state index in [0.717, 1.165) is 27.5 Å². The highest BCUT2D eigenvalue weighted by Gasteiger charge is 2.36. The van der Waals surface area contributed by atoms with Crippen molar-refractivity contribution < 1.29 is 4.79 Å². The van der Waals surface area contributed by atoms with Crippen molar-refractivity contribution in [2.75, 3.05) is 5.75 Å². The molecule has 134 valence electrons. The molecule has 1 heterocycles. The lowest BCUT2D eigenvalue weighted by molar-refractivity contribution is -0.125. The van der Waals surface area contributed by atoms with Gasteiger partial charge in [-0.3, -0.25) is 9.69 Å². The normalized spacial score (nSPS) is 15.7. The van der Waals surface area contributed by atoms with Crippen LogP contribution < -0.4 is 0 Å². The molecule has 4 rings (SSSR count). The first-order valence-corrected chi connectivity index (χ1v) is 9.91. The number of benzene rings is 3. The number of nitrogens with zero attached hydrogens (tertiary/aromatic N) is 2. The van der Waals surface area contributed by atoms with E-state index in [4.69, 9.17) is 4.99 Å². The molecule has 0 atom stereocenters. The van der Waals surface area contributed by atoms with Crippen LogP contribution in [0.1, 0.15) is 22.7 Å². The van der Waals surface area contributed by atoms with Crippen LogP contribution in [0.2, 0.25) is 0 Å². The topological polar surface area (TPSA) is 32.7 Å². The molecule has 1 amide bonds. The molecule has 0 saturated carbocycles. The zero-order valence-corrected chi connectivity index (χ0v) is 15.9. The molecule has 0 N–H and O–H groups in total. The summed E-state index contributed by atoms with van der Waals surface area (Å²) in [5.74, 6) is 0.506. The highest BCUT2D eigenvalue weighted by atomic mass is 32.2. The van der Waals surface area contributed by atoms with E-state index in [-0.39, 0.29) is 11.9 Å². The number of amidine groups is 1. The van der Waals surface area contributed by atoms with Gasteiger partial charge in [0.1, 0.15) is 0 Å². The Bertz CT molecular complexity index is 930. The SMILES string of the molecule is Cc1ccccc1N=C1SCC(=O)N1C(c1ccccc1)c1ccccc1. The Labute approximate surface area is 163 Å². The number of aryl methyl sites for hydroxylation is 1. The largest absolute Gasteiger partial charge is 0.279 e. The number of hydrogen-bond acceptors (Lipinski definition) is 3. The van der Waals surface area contributed by atoms with Crippen molar-refractivity contribution in [1.29, 1.82) is 0 Å². The van der Waals surface area contributed by atoms with Crippen molar-refractivity contribution in [3.63, 3.8) is 0 Å². The van der Waals surface area contributed by atoms with Crippen molar-refractivity contribution in [3.05, 3.63) is 102 Å². The van der Waals surface area contributed by atoms with Gasteiger partial charge < -0.3 is 0 Å². The fraction of sp³-hybridized carbons (Fsp3) is 0.130. The molecule has 4 heteroatoms. The van der Waals surface area contributed by atoms with E-state index < -0.39 is 0 Å². The molecule has 1 saturated heterocycles. The summed E-state index contributed by atoms with van der Waals surface area (Å²) in [5.41, 5.74) is 4.16. The van der Waals surface area contributed by atoms with E-state index >= 15 is 0 Å². The van der Waals surface area contributed by atoms with Crippen molar-refractivity contribution in [3.8, 4) is 0 Å². The highest BCUT2D eigenvalue weighted by molar-refractivity contribution is 8.15. The number of rotatable bonds is 4. The summed E-state index contributed by atoms with van der Waals surface area (Å²) in [4.78, 5) is 19.6. The first kappa shape index (κ1) is 17.6. The summed E-state index contributed by atoms with van der Waals surface area (Å²) < 4.78 is 0. The van der Waals surface area contributed by atoms with Gasteiger partial charge in [-0.05, 0) is 29.7 Å². The third-order valence-electron chi connectivity index (χ3n) is 4.62. The number of carbonyl (C=O) groups excluding carboxylic acids is 1. The maximum atomic E-state index is 12.9. The lowest BCUT2D eigenvalue weighted by atomic mass is 9.97. The van der Waals surface area contributed by atoms with Gasteiger partial charge in [-0.1, -0.05) is 90.6 Å². The van der Waals surface area contributed by atoms with Gasteiger partial charge in [-0.25, -0.2) is 4.99 Å². The number of amides is 1. The molecule has 1 fully saturated rings. The molecular weight excluding hydrogens is 352 g/mol. The average molecular weight is 372 g/mol. The maximum absolute atomic E-state index is 12.9. The molecule has 0 aromatic heterocycles. The Balaban J connectivity index is 1.82. The first-order chi connectivity index (χ1) is 13.2. The summed E-state index contributed by atoms with van der Waals surface area (Å²) in [6, 6.07) is 28.1. The van der Waals surface area contributed by atoms with Crippen LogP contribution in [0.25, 0.3) is 0 Å². The van der Waals surface area contributed by atoms with E-state index in [0.29, 0.717) is 5.75 Å². The Morgan fingerprint density at radius 2 is 1.41 bits per heavy atom. The molecule has 0 unspecified atom stereocenters. The number of carbonyl (C=O) groups is 1. The lowest BCUT2D eigenvalue weighted by Crippen LogP contribution is -2.34. The monoisotopic (exact) mass is 372 g/mol. The number of hydrogen-bond donors (Lipinski definition) is 0. The fourth-order valence-corrected chi connectivity index (χ4v) is 4.17. The van der Waals surface area contributed by atoms with Gasteiger partial charge in [0.15, 0.2) is 5.17 Å². The fourth-order valence-electron chi connectivity index (χ4n) is 3.27. The molecule has 0 aliphatic carbocycles. The summed E-state index contributed by atoms with van der Waals surface area (Å²) >= 11 is 1.51. The zero-order valence-electron chi connectivity index (χ0n) is 15.1. The molecule has 0 bridgehead atoms. The van der Waals surface area contributed by atoms with E-state index in [1.807, 2.05) is 72.5 Å². The molecule has 3 aromatic rings. The third-order valence-corrected chi connectivity index (χ3v) is 5.56. The molecule has 1 aliphatic rings. The Morgan fingerprint density at radius 3 is 2.00 bits per heavy atom. The summed E-state index contributed by atoms with van der Waals surface area (Å²) in [5, 5.41) is 0.756. The Morgan fingerprint density at radius 1 is 0.852 bits per heavy atom. The van der Waals surface area contributed by atoms with Gasteiger partial charge in [-0.2, -0.15) is 0 Å². The van der Waals surface area contributed by atoms with Crippen molar-refractivity contribution in [1.82, 2.24) is 4.90 Å². The summed E-state index contributed by atoms with van der Waals surface area (Å²) in [6.07, 6.45) is 0. The number of thioether (sulfide) groups is 1. The van der Waals surface area contributed by atoms with Gasteiger partial charge in [0.05, 0.1) is 17.5 Å². The quantitative estimate of drug-likeness (QED) is 0.619. The highest BCUT2D eigenvalue weighted by Crippen LogP contribution is 2.36. The van der Waals surface area contributed by atoms with Gasteiger partial charge in [0.25, 0.3) is 0 Å². The average Bonchev–Trinajstić information content (AvgIpc) is 3.06. The van der Waals surface area contributed by atoms with Crippen molar-refractivity contribution >= 4 is 28.5 Å². The van der Waals surface area contributed by atoms with Crippen LogP contribution in [0.4, 0.5) is 5.69 Å². The molecule has 0 spiro atoms. The van der Waals surface area contributed by atoms with Crippen LogP contribution in [-0.2, 0) is 4.79 Å². The minimum absolute atomic E-state index is 0.0880. The van der Waals surface area contributed by atoms with Crippen LogP contribution in [0.5, 0.6) is 0 Å². The van der Waals surface area contributed by atoms with Crippen molar-refractivity contribution in [2.24, 2.45) is 4.99 Å². The second kappa shape index (κ2) is 7.80. The van der Waals surface area contributed by atoms with Gasteiger partial charge in [-0.15, -0.1) is 0 Å². The van der Waals surface area contributed by atoms with Crippen LogP contribution >= 0.6 is 11.8 Å².